The summed E-state index contributed by atoms with van der Waals surface area (Å²) < 4.78 is 0. The third kappa shape index (κ3) is 4.06. The zero-order valence-corrected chi connectivity index (χ0v) is 19.0. The van der Waals surface area contributed by atoms with E-state index in [4.69, 9.17) is 0 Å². The van der Waals surface area contributed by atoms with Crippen LogP contribution in [0.1, 0.15) is 42.6 Å². The van der Waals surface area contributed by atoms with Gasteiger partial charge in [-0.1, -0.05) is 6.42 Å². The van der Waals surface area contributed by atoms with Crippen LogP contribution in [0.15, 0.2) is 17.5 Å². The van der Waals surface area contributed by atoms with E-state index < -0.39 is 24.5 Å². The Kier molecular flexibility index (Phi) is 5.96. The molecular weight excluding hydrogens is 444 g/mol. The summed E-state index contributed by atoms with van der Waals surface area (Å²) in [4.78, 5) is 57.1. The zero-order chi connectivity index (χ0) is 23.1. The van der Waals surface area contributed by atoms with Gasteiger partial charge in [0, 0.05) is 24.4 Å². The van der Waals surface area contributed by atoms with E-state index in [-0.39, 0.29) is 41.9 Å². The molecule has 9 nitrogen and oxygen atoms in total. The Morgan fingerprint density at radius 2 is 2.12 bits per heavy atom. The SMILES string of the molecule is O=C1NCCC1CC(NC(=O)C1C2CCCC2CN1C(=O)c1cc2ccsc2[nH]1)C(=O)CO. The molecule has 1 aliphatic carbocycles. The van der Waals surface area contributed by atoms with E-state index >= 15 is 0 Å². The Labute approximate surface area is 194 Å². The van der Waals surface area contributed by atoms with E-state index in [1.807, 2.05) is 17.5 Å². The van der Waals surface area contributed by atoms with Crippen molar-refractivity contribution in [2.75, 3.05) is 19.7 Å². The number of aromatic amines is 1. The lowest BCUT2D eigenvalue weighted by atomic mass is 9.92. The van der Waals surface area contributed by atoms with Crippen molar-refractivity contribution in [2.24, 2.45) is 17.8 Å². The van der Waals surface area contributed by atoms with Gasteiger partial charge in [0.1, 0.15) is 23.2 Å². The minimum Gasteiger partial charge on any atom is -0.389 e. The molecule has 1 saturated carbocycles. The molecule has 33 heavy (non-hydrogen) atoms. The Hall–Kier alpha value is -2.72. The number of carbonyl (C=O) groups is 4. The van der Waals surface area contributed by atoms with Crippen LogP contribution in [-0.4, -0.2) is 70.3 Å². The van der Waals surface area contributed by atoms with E-state index in [0.717, 1.165) is 29.5 Å². The molecule has 3 aliphatic rings. The van der Waals surface area contributed by atoms with Gasteiger partial charge in [0.25, 0.3) is 5.91 Å². The van der Waals surface area contributed by atoms with Crippen LogP contribution in [-0.2, 0) is 14.4 Å². The first-order chi connectivity index (χ1) is 16.0. The fraction of sp³-hybridized carbons (Fsp3) is 0.565. The van der Waals surface area contributed by atoms with E-state index in [1.54, 1.807) is 4.90 Å². The number of carbonyl (C=O) groups excluding carboxylic acids is 4. The second-order valence-electron chi connectivity index (χ2n) is 9.34. The summed E-state index contributed by atoms with van der Waals surface area (Å²) in [5.41, 5.74) is 0.459. The van der Waals surface area contributed by atoms with Gasteiger partial charge >= 0.3 is 0 Å². The molecule has 0 aromatic carbocycles. The van der Waals surface area contributed by atoms with E-state index in [1.165, 1.54) is 11.3 Å². The number of hydrogen-bond acceptors (Lipinski definition) is 6. The van der Waals surface area contributed by atoms with Crippen molar-refractivity contribution in [2.45, 2.75) is 44.2 Å². The predicted octanol–water partition coefficient (Wildman–Crippen LogP) is 1.04. The van der Waals surface area contributed by atoms with Gasteiger partial charge in [0.05, 0.1) is 6.04 Å². The molecule has 2 aliphatic heterocycles. The minimum atomic E-state index is -0.954. The number of Topliss-reactive ketones (excluding diaryl/α,β-unsaturated/α-hetero) is 1. The summed E-state index contributed by atoms with van der Waals surface area (Å²) >= 11 is 1.52. The Morgan fingerprint density at radius 3 is 2.85 bits per heavy atom. The van der Waals surface area contributed by atoms with Crippen molar-refractivity contribution in [3.8, 4) is 0 Å². The van der Waals surface area contributed by atoms with Crippen LogP contribution in [0.2, 0.25) is 0 Å². The molecule has 2 aromatic heterocycles. The van der Waals surface area contributed by atoms with Crippen molar-refractivity contribution < 1.29 is 24.3 Å². The van der Waals surface area contributed by atoms with E-state index in [9.17, 15) is 24.3 Å². The van der Waals surface area contributed by atoms with Crippen molar-refractivity contribution in [1.82, 2.24) is 20.5 Å². The highest BCUT2D eigenvalue weighted by Crippen LogP contribution is 2.43. The number of aromatic nitrogens is 1. The van der Waals surface area contributed by atoms with Crippen molar-refractivity contribution in [3.05, 3.63) is 23.2 Å². The molecule has 4 N–H and O–H groups in total. The van der Waals surface area contributed by atoms with Gasteiger partial charge in [0.2, 0.25) is 11.8 Å². The van der Waals surface area contributed by atoms with Gasteiger partial charge in [-0.3, -0.25) is 19.2 Å². The van der Waals surface area contributed by atoms with Crippen LogP contribution in [0, 0.1) is 17.8 Å². The number of H-pyrrole nitrogens is 1. The maximum Gasteiger partial charge on any atom is 0.271 e. The van der Waals surface area contributed by atoms with Crippen molar-refractivity contribution >= 4 is 45.1 Å². The molecule has 5 rings (SSSR count). The first-order valence-electron chi connectivity index (χ1n) is 11.5. The topological polar surface area (TPSA) is 132 Å². The predicted molar refractivity (Wildman–Crippen MR) is 122 cm³/mol. The summed E-state index contributed by atoms with van der Waals surface area (Å²) in [5, 5.41) is 17.9. The van der Waals surface area contributed by atoms with Crippen LogP contribution in [0.5, 0.6) is 0 Å². The largest absolute Gasteiger partial charge is 0.389 e. The number of fused-ring (bicyclic) bond motifs is 2. The molecule has 0 bridgehead atoms. The third-order valence-electron chi connectivity index (χ3n) is 7.44. The average molecular weight is 473 g/mol. The number of amides is 3. The first-order valence-corrected chi connectivity index (χ1v) is 12.4. The Morgan fingerprint density at radius 1 is 1.27 bits per heavy atom. The molecular formula is C23H28N4O5S. The number of nitrogens with one attached hydrogen (secondary N) is 3. The number of rotatable bonds is 7. The zero-order valence-electron chi connectivity index (χ0n) is 18.2. The van der Waals surface area contributed by atoms with Crippen molar-refractivity contribution in [3.63, 3.8) is 0 Å². The molecule has 0 radical (unpaired) electrons. The first kappa shape index (κ1) is 22.1. The number of hydrogen-bond donors (Lipinski definition) is 4. The molecule has 5 atom stereocenters. The maximum atomic E-state index is 13.5. The number of nitrogens with zero attached hydrogens (tertiary/aromatic N) is 1. The third-order valence-corrected chi connectivity index (χ3v) is 8.28. The minimum absolute atomic E-state index is 0.0460. The quantitative estimate of drug-likeness (QED) is 0.478. The fourth-order valence-electron chi connectivity index (χ4n) is 5.76. The molecule has 4 heterocycles. The summed E-state index contributed by atoms with van der Waals surface area (Å²) in [6.45, 7) is 0.343. The smallest absolute Gasteiger partial charge is 0.271 e. The van der Waals surface area contributed by atoms with Crippen LogP contribution in [0.25, 0.3) is 10.2 Å². The van der Waals surface area contributed by atoms with Crippen LogP contribution < -0.4 is 10.6 Å². The molecule has 3 amide bonds. The summed E-state index contributed by atoms with van der Waals surface area (Å²) in [7, 11) is 0. The number of aliphatic hydroxyl groups is 1. The second-order valence-corrected chi connectivity index (χ2v) is 10.3. The monoisotopic (exact) mass is 472 g/mol. The molecule has 176 valence electrons. The lowest BCUT2D eigenvalue weighted by Gasteiger charge is -2.29. The molecule has 5 unspecified atom stereocenters. The lowest BCUT2D eigenvalue weighted by molar-refractivity contribution is -0.133. The van der Waals surface area contributed by atoms with Gasteiger partial charge in [-0.25, -0.2) is 0 Å². The second kappa shape index (κ2) is 8.90. The van der Waals surface area contributed by atoms with Gasteiger partial charge in [-0.15, -0.1) is 11.3 Å². The molecule has 10 heteroatoms. The van der Waals surface area contributed by atoms with Gasteiger partial charge in [-0.05, 0) is 55.0 Å². The number of thiophene rings is 1. The highest BCUT2D eigenvalue weighted by atomic mass is 32.1. The van der Waals surface area contributed by atoms with Gasteiger partial charge in [0.15, 0.2) is 5.78 Å². The van der Waals surface area contributed by atoms with Crippen molar-refractivity contribution in [1.29, 1.82) is 0 Å². The number of aliphatic hydroxyl groups excluding tert-OH is 1. The number of ketones is 1. The normalized spacial score (nSPS) is 27.5. The van der Waals surface area contributed by atoms with E-state index in [0.29, 0.717) is 25.2 Å². The highest BCUT2D eigenvalue weighted by molar-refractivity contribution is 7.16. The van der Waals surface area contributed by atoms with Gasteiger partial charge < -0.3 is 25.6 Å². The maximum absolute atomic E-state index is 13.5. The Balaban J connectivity index is 1.37. The summed E-state index contributed by atoms with van der Waals surface area (Å²) in [5.74, 6) is -1.33. The van der Waals surface area contributed by atoms with E-state index in [2.05, 4.69) is 15.6 Å². The lowest BCUT2D eigenvalue weighted by Crippen LogP contribution is -2.53. The highest BCUT2D eigenvalue weighted by Gasteiger charge is 2.50. The summed E-state index contributed by atoms with van der Waals surface area (Å²) in [6, 6.07) is 2.14. The van der Waals surface area contributed by atoms with Crippen LogP contribution in [0.4, 0.5) is 0 Å². The number of likely N-dealkylation sites (tertiary alicyclic amines) is 1. The van der Waals surface area contributed by atoms with Crippen LogP contribution >= 0.6 is 11.3 Å². The molecule has 0 spiro atoms. The van der Waals surface area contributed by atoms with Crippen LogP contribution in [0.3, 0.4) is 0 Å². The standard InChI is InChI=1S/C23H28N4O5S/c28-11-18(29)16(8-12-4-6-24-20(12)30)25-21(31)19-15-3-1-2-14(15)10-27(19)23(32)17-9-13-5-7-33-22(13)26-17/h5,7,9,12,14-16,19,26,28H,1-4,6,8,10-11H2,(H,24,30)(H,25,31). The summed E-state index contributed by atoms with van der Waals surface area (Å²) in [6.07, 6.45) is 3.58. The Bertz CT molecular complexity index is 1070. The molecule has 2 saturated heterocycles. The molecule has 3 fully saturated rings. The van der Waals surface area contributed by atoms with Gasteiger partial charge in [-0.2, -0.15) is 0 Å². The average Bonchev–Trinajstić information content (AvgIpc) is 3.58. The molecule has 2 aromatic rings. The fourth-order valence-corrected chi connectivity index (χ4v) is 6.54.